The first-order valence-corrected chi connectivity index (χ1v) is 11.4. The molecule has 2 fully saturated rings. The zero-order valence-electron chi connectivity index (χ0n) is 19.6. The molecular weight excluding hydrogens is 461 g/mol. The first kappa shape index (κ1) is 23.9. The number of benzene rings is 1. The average molecular weight is 489 g/mol. The Hall–Kier alpha value is -2.82. The molecule has 0 bridgehead atoms. The summed E-state index contributed by atoms with van der Waals surface area (Å²) in [5.41, 5.74) is -3.66. The number of hydrogen-bond donors (Lipinski definition) is 3. The maximum absolute atomic E-state index is 13.6. The van der Waals surface area contributed by atoms with Crippen LogP contribution in [-0.2, 0) is 16.6 Å². The fourth-order valence-electron chi connectivity index (χ4n) is 4.86. The van der Waals surface area contributed by atoms with E-state index in [1.54, 1.807) is 18.2 Å². The van der Waals surface area contributed by atoms with E-state index < -0.39 is 28.2 Å². The van der Waals surface area contributed by atoms with Gasteiger partial charge in [-0.2, -0.15) is 18.2 Å². The maximum Gasteiger partial charge on any atom is 0.398 e. The van der Waals surface area contributed by atoms with Gasteiger partial charge in [-0.15, -0.1) is 0 Å². The maximum atomic E-state index is 13.6. The first-order chi connectivity index (χ1) is 16.3. The van der Waals surface area contributed by atoms with E-state index in [0.29, 0.717) is 29.8 Å². The highest BCUT2D eigenvalue weighted by Gasteiger charge is 2.64. The van der Waals surface area contributed by atoms with Crippen molar-refractivity contribution in [2.24, 2.45) is 5.41 Å². The molecule has 5 rings (SSSR count). The molecule has 2 aliphatic rings. The van der Waals surface area contributed by atoms with E-state index in [1.807, 2.05) is 6.92 Å². The second kappa shape index (κ2) is 7.59. The minimum absolute atomic E-state index is 0.0394. The van der Waals surface area contributed by atoms with Crippen LogP contribution in [0.25, 0.3) is 11.4 Å². The monoisotopic (exact) mass is 488 g/mol. The Labute approximate surface area is 200 Å². The predicted octanol–water partition coefficient (Wildman–Crippen LogP) is 3.80. The fourth-order valence-corrected chi connectivity index (χ4v) is 4.86. The van der Waals surface area contributed by atoms with Crippen LogP contribution in [0.2, 0.25) is 0 Å². The lowest BCUT2D eigenvalue weighted by Gasteiger charge is -2.52. The van der Waals surface area contributed by atoms with Gasteiger partial charge in [0, 0.05) is 42.0 Å². The van der Waals surface area contributed by atoms with E-state index >= 15 is 0 Å². The molecule has 1 saturated heterocycles. The van der Waals surface area contributed by atoms with E-state index in [1.165, 1.54) is 38.4 Å². The summed E-state index contributed by atoms with van der Waals surface area (Å²) in [5, 5.41) is 29.4. The first-order valence-electron chi connectivity index (χ1n) is 11.4. The summed E-state index contributed by atoms with van der Waals surface area (Å²) in [6, 6.07) is 7.81. The van der Waals surface area contributed by atoms with Gasteiger partial charge in [-0.3, -0.25) is 4.98 Å². The molecule has 1 aromatic carbocycles. The van der Waals surface area contributed by atoms with Crippen molar-refractivity contribution < 1.29 is 27.9 Å². The van der Waals surface area contributed by atoms with Crippen molar-refractivity contribution in [3.63, 3.8) is 0 Å². The number of halogens is 3. The number of aromatic nitrogens is 3. The zero-order chi connectivity index (χ0) is 25.3. The lowest BCUT2D eigenvalue weighted by molar-refractivity contribution is -0.160. The lowest BCUT2D eigenvalue weighted by Crippen LogP contribution is -2.63. The van der Waals surface area contributed by atoms with Crippen LogP contribution >= 0.6 is 0 Å². The van der Waals surface area contributed by atoms with Crippen molar-refractivity contribution >= 4 is 0 Å². The summed E-state index contributed by atoms with van der Waals surface area (Å²) in [5.74, 6) is 0.240. The minimum atomic E-state index is -4.31. The highest BCUT2D eigenvalue weighted by molar-refractivity contribution is 5.56. The summed E-state index contributed by atoms with van der Waals surface area (Å²) in [6.45, 7) is 5.98. The molecule has 35 heavy (non-hydrogen) atoms. The quantitative estimate of drug-likeness (QED) is 0.485. The lowest BCUT2D eigenvalue weighted by atomic mass is 9.62. The molecule has 0 unspecified atom stereocenters. The molecule has 7 nitrogen and oxygen atoms in total. The van der Waals surface area contributed by atoms with Gasteiger partial charge in [0.25, 0.3) is 5.89 Å². The smallest absolute Gasteiger partial charge is 0.381 e. The Morgan fingerprint density at radius 2 is 1.66 bits per heavy atom. The molecule has 1 atom stereocenters. The van der Waals surface area contributed by atoms with Crippen molar-refractivity contribution in [1.82, 2.24) is 20.4 Å². The highest BCUT2D eigenvalue weighted by atomic mass is 19.4. The molecule has 2 aromatic heterocycles. The van der Waals surface area contributed by atoms with Crippen LogP contribution < -0.4 is 5.32 Å². The van der Waals surface area contributed by atoms with Crippen molar-refractivity contribution in [2.45, 2.75) is 56.4 Å². The Morgan fingerprint density at radius 1 is 1.00 bits per heavy atom. The van der Waals surface area contributed by atoms with E-state index in [9.17, 15) is 23.4 Å². The molecular formula is C25H27F3N4O3. The van der Waals surface area contributed by atoms with Crippen LogP contribution in [0.1, 0.15) is 56.2 Å². The number of hydrogen-bond acceptors (Lipinski definition) is 7. The standard InChI is InChI=1S/C25H27F3N4O3/c1-21(2,33)20-31-19(32-35-20)15-10-18(12-29-11-15)24(34,22(3)13-30-14-22)17-6-4-16(5-7-17)23(8-9-23)25(26,27)28/h4-7,10-12,30,33-34H,8-9,13-14H2,1-3H3/t24-/m0/s1. The Morgan fingerprint density at radius 3 is 2.14 bits per heavy atom. The molecule has 1 aliphatic carbocycles. The Balaban J connectivity index is 1.56. The summed E-state index contributed by atoms with van der Waals surface area (Å²) in [6.07, 6.45) is -1.10. The van der Waals surface area contributed by atoms with Crippen molar-refractivity contribution in [2.75, 3.05) is 13.1 Å². The summed E-state index contributed by atoms with van der Waals surface area (Å²) in [4.78, 5) is 8.53. The van der Waals surface area contributed by atoms with Gasteiger partial charge in [-0.05, 0) is 43.9 Å². The molecule has 3 N–H and O–H groups in total. The molecule has 3 aromatic rings. The molecule has 3 heterocycles. The predicted molar refractivity (Wildman–Crippen MR) is 120 cm³/mol. The van der Waals surface area contributed by atoms with Crippen LogP contribution in [-0.4, -0.2) is 44.6 Å². The van der Waals surface area contributed by atoms with Crippen molar-refractivity contribution in [1.29, 1.82) is 0 Å². The van der Waals surface area contributed by atoms with Crippen molar-refractivity contribution in [3.8, 4) is 11.4 Å². The molecule has 186 valence electrons. The number of alkyl halides is 3. The number of aliphatic hydroxyl groups is 2. The number of pyridine rings is 1. The second-order valence-electron chi connectivity index (χ2n) is 10.5. The SMILES string of the molecule is CC(C)(O)c1nc(-c2cncc([C@@](O)(c3ccc(C4(C(F)(F)F)CC4)cc3)C3(C)CNC3)c2)no1. The molecule has 1 aliphatic heterocycles. The summed E-state index contributed by atoms with van der Waals surface area (Å²) >= 11 is 0. The number of nitrogens with zero attached hydrogens (tertiary/aromatic N) is 3. The van der Waals surface area contributed by atoms with Gasteiger partial charge >= 0.3 is 6.18 Å². The zero-order valence-corrected chi connectivity index (χ0v) is 19.6. The Kier molecular flexibility index (Phi) is 5.18. The van der Waals surface area contributed by atoms with Gasteiger partial charge in [0.2, 0.25) is 5.82 Å². The molecule has 0 spiro atoms. The largest absolute Gasteiger partial charge is 0.398 e. The molecule has 0 amide bonds. The van der Waals surface area contributed by atoms with Crippen LogP contribution in [0.5, 0.6) is 0 Å². The van der Waals surface area contributed by atoms with Gasteiger partial charge in [0.15, 0.2) is 0 Å². The van der Waals surface area contributed by atoms with E-state index in [-0.39, 0.29) is 30.1 Å². The molecule has 10 heteroatoms. The highest BCUT2D eigenvalue weighted by Crippen LogP contribution is 2.59. The molecule has 1 saturated carbocycles. The van der Waals surface area contributed by atoms with Crippen LogP contribution in [0.4, 0.5) is 13.2 Å². The number of nitrogens with one attached hydrogen (secondary N) is 1. The van der Waals surface area contributed by atoms with E-state index in [2.05, 4.69) is 20.4 Å². The Bertz CT molecular complexity index is 1240. The number of rotatable bonds is 6. The van der Waals surface area contributed by atoms with Gasteiger partial charge in [0.1, 0.15) is 11.2 Å². The normalized spacial score (nSPS) is 20.7. The topological polar surface area (TPSA) is 104 Å². The van der Waals surface area contributed by atoms with Gasteiger partial charge < -0.3 is 20.1 Å². The van der Waals surface area contributed by atoms with Crippen LogP contribution in [0.3, 0.4) is 0 Å². The van der Waals surface area contributed by atoms with Crippen LogP contribution in [0, 0.1) is 5.41 Å². The summed E-state index contributed by atoms with van der Waals surface area (Å²) < 4.78 is 46.0. The van der Waals surface area contributed by atoms with Gasteiger partial charge in [0.05, 0.1) is 5.41 Å². The van der Waals surface area contributed by atoms with Crippen molar-refractivity contribution in [3.05, 3.63) is 65.3 Å². The average Bonchev–Trinajstić information content (AvgIpc) is 3.46. The van der Waals surface area contributed by atoms with Gasteiger partial charge in [-0.25, -0.2) is 0 Å². The van der Waals surface area contributed by atoms with Crippen LogP contribution in [0.15, 0.2) is 47.2 Å². The fraction of sp³-hybridized carbons (Fsp3) is 0.480. The van der Waals surface area contributed by atoms with E-state index in [4.69, 9.17) is 4.52 Å². The van der Waals surface area contributed by atoms with Gasteiger partial charge in [-0.1, -0.05) is 36.3 Å². The third-order valence-corrected chi connectivity index (χ3v) is 7.42. The second-order valence-corrected chi connectivity index (χ2v) is 10.5. The molecule has 0 radical (unpaired) electrons. The third-order valence-electron chi connectivity index (χ3n) is 7.42. The third kappa shape index (κ3) is 3.66. The van der Waals surface area contributed by atoms with E-state index in [0.717, 1.165) is 0 Å². The minimum Gasteiger partial charge on any atom is -0.381 e. The summed E-state index contributed by atoms with van der Waals surface area (Å²) in [7, 11) is 0.